The van der Waals surface area contributed by atoms with E-state index in [1.54, 1.807) is 11.0 Å². The Hall–Kier alpha value is -1.78. The normalized spacial score (nSPS) is 19.4. The Bertz CT molecular complexity index is 587. The molecular formula is C16H16F3NO. The summed E-state index contributed by atoms with van der Waals surface area (Å²) in [5.41, 5.74) is 0.863. The van der Waals surface area contributed by atoms with E-state index in [0.717, 1.165) is 24.5 Å². The zero-order valence-corrected chi connectivity index (χ0v) is 11.5. The van der Waals surface area contributed by atoms with E-state index in [-0.39, 0.29) is 11.8 Å². The van der Waals surface area contributed by atoms with E-state index < -0.39 is 11.7 Å². The van der Waals surface area contributed by atoms with Crippen LogP contribution in [0.25, 0.3) is 5.57 Å². The molecule has 5 heteroatoms. The Morgan fingerprint density at radius 2 is 2.00 bits per heavy atom. The van der Waals surface area contributed by atoms with E-state index in [1.807, 2.05) is 6.08 Å². The molecule has 112 valence electrons. The fourth-order valence-corrected chi connectivity index (χ4v) is 2.62. The molecule has 0 spiro atoms. The summed E-state index contributed by atoms with van der Waals surface area (Å²) in [5.74, 6) is 0.378. The minimum atomic E-state index is -4.32. The zero-order valence-electron chi connectivity index (χ0n) is 11.5. The number of rotatable bonds is 2. The lowest BCUT2D eigenvalue weighted by Crippen LogP contribution is -2.35. The van der Waals surface area contributed by atoms with E-state index in [0.29, 0.717) is 25.1 Å². The standard InChI is InChI=1S/C16H16F3NO/c17-16(18,19)14-3-1-2-13(10-14)11-6-8-20(9-7-11)15(21)12-4-5-12/h1-3,6,10,12H,4-5,7-9H2. The molecule has 0 bridgehead atoms. The number of alkyl halides is 3. The number of hydrogen-bond acceptors (Lipinski definition) is 1. The third-order valence-corrected chi connectivity index (χ3v) is 4.01. The van der Waals surface area contributed by atoms with Gasteiger partial charge in [-0.1, -0.05) is 18.2 Å². The first-order valence-electron chi connectivity index (χ1n) is 7.10. The summed E-state index contributed by atoms with van der Waals surface area (Å²) in [5, 5.41) is 0. The number of halogens is 3. The summed E-state index contributed by atoms with van der Waals surface area (Å²) < 4.78 is 38.2. The maximum Gasteiger partial charge on any atom is 0.416 e. The molecule has 0 saturated heterocycles. The highest BCUT2D eigenvalue weighted by atomic mass is 19.4. The van der Waals surface area contributed by atoms with E-state index in [9.17, 15) is 18.0 Å². The molecule has 3 rings (SSSR count). The van der Waals surface area contributed by atoms with Gasteiger partial charge in [0.15, 0.2) is 0 Å². The largest absolute Gasteiger partial charge is 0.416 e. The van der Waals surface area contributed by atoms with E-state index in [4.69, 9.17) is 0 Å². The molecular weight excluding hydrogens is 279 g/mol. The van der Waals surface area contributed by atoms with Gasteiger partial charge in [-0.25, -0.2) is 0 Å². The van der Waals surface area contributed by atoms with E-state index in [1.165, 1.54) is 12.1 Å². The maximum absolute atomic E-state index is 12.7. The first kappa shape index (κ1) is 14.2. The highest BCUT2D eigenvalue weighted by Crippen LogP contribution is 2.34. The topological polar surface area (TPSA) is 20.3 Å². The van der Waals surface area contributed by atoms with Crippen molar-refractivity contribution < 1.29 is 18.0 Å². The second kappa shape index (κ2) is 5.20. The van der Waals surface area contributed by atoms with Crippen LogP contribution in [0, 0.1) is 5.92 Å². The molecule has 1 saturated carbocycles. The highest BCUT2D eigenvalue weighted by Gasteiger charge is 2.34. The van der Waals surface area contributed by atoms with Crippen molar-refractivity contribution in [2.24, 2.45) is 5.92 Å². The minimum Gasteiger partial charge on any atom is -0.338 e. The Morgan fingerprint density at radius 3 is 2.57 bits per heavy atom. The molecule has 1 aromatic rings. The van der Waals surface area contributed by atoms with Crippen molar-refractivity contribution in [2.45, 2.75) is 25.4 Å². The molecule has 1 fully saturated rings. The van der Waals surface area contributed by atoms with Gasteiger partial charge in [0.1, 0.15) is 0 Å². The molecule has 0 N–H and O–H groups in total. The summed E-state index contributed by atoms with van der Waals surface area (Å²) in [6.45, 7) is 1.10. The molecule has 1 heterocycles. The van der Waals surface area contributed by atoms with Crippen molar-refractivity contribution in [1.29, 1.82) is 0 Å². The number of carbonyl (C=O) groups excluding carboxylic acids is 1. The van der Waals surface area contributed by atoms with Crippen LogP contribution in [0.3, 0.4) is 0 Å². The van der Waals surface area contributed by atoms with Gasteiger partial charge in [0.05, 0.1) is 5.56 Å². The number of nitrogens with zero attached hydrogens (tertiary/aromatic N) is 1. The van der Waals surface area contributed by atoms with Crippen LogP contribution in [0.1, 0.15) is 30.4 Å². The van der Waals surface area contributed by atoms with E-state index in [2.05, 4.69) is 0 Å². The highest BCUT2D eigenvalue weighted by molar-refractivity contribution is 5.82. The first-order valence-corrected chi connectivity index (χ1v) is 7.10. The quantitative estimate of drug-likeness (QED) is 0.814. The van der Waals surface area contributed by atoms with Gasteiger partial charge in [-0.2, -0.15) is 13.2 Å². The second-order valence-corrected chi connectivity index (χ2v) is 5.62. The summed E-state index contributed by atoms with van der Waals surface area (Å²) in [6, 6.07) is 5.39. The van der Waals surface area contributed by atoms with Crippen LogP contribution in [0.2, 0.25) is 0 Å². The molecule has 1 aliphatic heterocycles. The van der Waals surface area contributed by atoms with Gasteiger partial charge in [0, 0.05) is 19.0 Å². The molecule has 0 aromatic heterocycles. The summed E-state index contributed by atoms with van der Waals surface area (Å²) >= 11 is 0. The Kier molecular flexibility index (Phi) is 3.51. The summed E-state index contributed by atoms with van der Waals surface area (Å²) in [6.07, 6.45) is 0.108. The van der Waals surface area contributed by atoms with Crippen LogP contribution >= 0.6 is 0 Å². The molecule has 0 unspecified atom stereocenters. The lowest BCUT2D eigenvalue weighted by Gasteiger charge is -2.27. The molecule has 0 atom stereocenters. The van der Waals surface area contributed by atoms with Gasteiger partial charge >= 0.3 is 6.18 Å². The van der Waals surface area contributed by atoms with Crippen LogP contribution in [0.15, 0.2) is 30.3 Å². The van der Waals surface area contributed by atoms with Gasteiger partial charge in [-0.05, 0) is 42.5 Å². The predicted molar refractivity (Wildman–Crippen MR) is 73.3 cm³/mol. The number of amides is 1. The summed E-state index contributed by atoms with van der Waals surface area (Å²) in [7, 11) is 0. The lowest BCUT2D eigenvalue weighted by atomic mass is 9.97. The average Bonchev–Trinajstić information content (AvgIpc) is 3.31. The van der Waals surface area contributed by atoms with E-state index >= 15 is 0 Å². The monoisotopic (exact) mass is 295 g/mol. The van der Waals surface area contributed by atoms with Crippen molar-refractivity contribution in [3.8, 4) is 0 Å². The first-order chi connectivity index (χ1) is 9.95. The van der Waals surface area contributed by atoms with Crippen LogP contribution in [-0.2, 0) is 11.0 Å². The fraction of sp³-hybridized carbons (Fsp3) is 0.438. The van der Waals surface area contributed by atoms with Crippen LogP contribution in [-0.4, -0.2) is 23.9 Å². The lowest BCUT2D eigenvalue weighted by molar-refractivity contribution is -0.137. The van der Waals surface area contributed by atoms with Crippen molar-refractivity contribution in [3.05, 3.63) is 41.5 Å². The van der Waals surface area contributed by atoms with Gasteiger partial charge < -0.3 is 4.90 Å². The third-order valence-electron chi connectivity index (χ3n) is 4.01. The Labute approximate surface area is 121 Å². The van der Waals surface area contributed by atoms with Gasteiger partial charge in [0.25, 0.3) is 0 Å². The molecule has 21 heavy (non-hydrogen) atoms. The zero-order chi connectivity index (χ0) is 15.0. The molecule has 2 nitrogen and oxygen atoms in total. The van der Waals surface area contributed by atoms with Crippen LogP contribution in [0.4, 0.5) is 13.2 Å². The molecule has 1 aliphatic carbocycles. The average molecular weight is 295 g/mol. The maximum atomic E-state index is 12.7. The minimum absolute atomic E-state index is 0.188. The second-order valence-electron chi connectivity index (χ2n) is 5.62. The van der Waals surface area contributed by atoms with Gasteiger partial charge in [0.2, 0.25) is 5.91 Å². The van der Waals surface area contributed by atoms with Crippen molar-refractivity contribution in [3.63, 3.8) is 0 Å². The van der Waals surface area contributed by atoms with Crippen molar-refractivity contribution in [1.82, 2.24) is 4.90 Å². The molecule has 2 aliphatic rings. The SMILES string of the molecule is O=C(C1CC1)N1CC=C(c2cccc(C(F)(F)F)c2)CC1. The third kappa shape index (κ3) is 3.12. The smallest absolute Gasteiger partial charge is 0.338 e. The summed E-state index contributed by atoms with van der Waals surface area (Å²) in [4.78, 5) is 13.7. The van der Waals surface area contributed by atoms with Crippen molar-refractivity contribution in [2.75, 3.05) is 13.1 Å². The van der Waals surface area contributed by atoms with Crippen molar-refractivity contribution >= 4 is 11.5 Å². The Balaban J connectivity index is 1.74. The molecule has 1 amide bonds. The predicted octanol–water partition coefficient (Wildman–Crippen LogP) is 3.73. The fourth-order valence-electron chi connectivity index (χ4n) is 2.62. The van der Waals surface area contributed by atoms with Crippen LogP contribution in [0.5, 0.6) is 0 Å². The van der Waals surface area contributed by atoms with Crippen LogP contribution < -0.4 is 0 Å². The number of benzene rings is 1. The van der Waals surface area contributed by atoms with Gasteiger partial charge in [-0.15, -0.1) is 0 Å². The number of carbonyl (C=O) groups is 1. The number of hydrogen-bond donors (Lipinski definition) is 0. The molecule has 0 radical (unpaired) electrons. The van der Waals surface area contributed by atoms with Gasteiger partial charge in [-0.3, -0.25) is 4.79 Å². The Morgan fingerprint density at radius 1 is 1.24 bits per heavy atom. The molecule has 1 aromatic carbocycles.